The second-order valence-electron chi connectivity index (χ2n) is 3.34. The minimum Gasteiger partial charge on any atom is -0.0883 e. The summed E-state index contributed by atoms with van der Waals surface area (Å²) in [6.45, 7) is 6.78. The Labute approximate surface area is 71.7 Å². The number of rotatable bonds is 6. The fourth-order valence-corrected chi connectivity index (χ4v) is 1.20. The molecular formula is C11H22. The third-order valence-corrected chi connectivity index (χ3v) is 1.93. The Balaban J connectivity index is 3.24. The first-order chi connectivity index (χ1) is 5.31. The predicted octanol–water partition coefficient (Wildman–Crippen LogP) is 4.17. The van der Waals surface area contributed by atoms with E-state index in [0.717, 1.165) is 5.92 Å². The van der Waals surface area contributed by atoms with Crippen LogP contribution in [0.5, 0.6) is 0 Å². The summed E-state index contributed by atoms with van der Waals surface area (Å²) in [5.74, 6) is 0.789. The lowest BCUT2D eigenvalue weighted by Crippen LogP contribution is -1.86. The van der Waals surface area contributed by atoms with E-state index in [1.165, 1.54) is 32.1 Å². The summed E-state index contributed by atoms with van der Waals surface area (Å²) in [6, 6.07) is 0. The van der Waals surface area contributed by atoms with Gasteiger partial charge in [0.25, 0.3) is 0 Å². The molecule has 0 aromatic rings. The van der Waals surface area contributed by atoms with Crippen LogP contribution in [0.25, 0.3) is 0 Å². The van der Waals surface area contributed by atoms with Crippen LogP contribution in [0.1, 0.15) is 52.9 Å². The average molecular weight is 154 g/mol. The monoisotopic (exact) mass is 154 g/mol. The van der Waals surface area contributed by atoms with Gasteiger partial charge in [0.1, 0.15) is 0 Å². The van der Waals surface area contributed by atoms with Crippen molar-refractivity contribution >= 4 is 0 Å². The van der Waals surface area contributed by atoms with Crippen molar-refractivity contribution in [3.8, 4) is 0 Å². The Kier molecular flexibility index (Phi) is 7.66. The van der Waals surface area contributed by atoms with Crippen LogP contribution in [0.2, 0.25) is 0 Å². The summed E-state index contributed by atoms with van der Waals surface area (Å²) >= 11 is 0. The van der Waals surface area contributed by atoms with Gasteiger partial charge in [0.05, 0.1) is 0 Å². The van der Waals surface area contributed by atoms with Gasteiger partial charge in [-0.05, 0) is 18.8 Å². The van der Waals surface area contributed by atoms with Gasteiger partial charge < -0.3 is 0 Å². The van der Waals surface area contributed by atoms with Crippen molar-refractivity contribution in [2.75, 3.05) is 0 Å². The van der Waals surface area contributed by atoms with Crippen LogP contribution in [-0.4, -0.2) is 0 Å². The van der Waals surface area contributed by atoms with Crippen molar-refractivity contribution in [1.29, 1.82) is 0 Å². The highest BCUT2D eigenvalue weighted by Gasteiger charge is 1.92. The average Bonchev–Trinajstić information content (AvgIpc) is 1.99. The van der Waals surface area contributed by atoms with Crippen LogP contribution < -0.4 is 0 Å². The largest absolute Gasteiger partial charge is 0.0883 e. The molecule has 66 valence electrons. The van der Waals surface area contributed by atoms with Crippen LogP contribution in [0.4, 0.5) is 0 Å². The Bertz CT molecular complexity index is 92.2. The zero-order chi connectivity index (χ0) is 8.53. The number of hydrogen-bond acceptors (Lipinski definition) is 0. The molecule has 0 rings (SSSR count). The van der Waals surface area contributed by atoms with Gasteiger partial charge in [0, 0.05) is 0 Å². The molecule has 1 atom stereocenters. The lowest BCUT2D eigenvalue weighted by atomic mass is 10.1. The van der Waals surface area contributed by atoms with Gasteiger partial charge in [-0.25, -0.2) is 0 Å². The van der Waals surface area contributed by atoms with Gasteiger partial charge in [-0.15, -0.1) is 0 Å². The van der Waals surface area contributed by atoms with Gasteiger partial charge >= 0.3 is 0 Å². The van der Waals surface area contributed by atoms with Crippen LogP contribution >= 0.6 is 0 Å². The summed E-state index contributed by atoms with van der Waals surface area (Å²) in [6.07, 6.45) is 11.3. The number of unbranched alkanes of at least 4 members (excludes halogenated alkanes) is 2. The summed E-state index contributed by atoms with van der Waals surface area (Å²) in [5.41, 5.74) is 0. The van der Waals surface area contributed by atoms with Gasteiger partial charge in [0.15, 0.2) is 0 Å². The molecule has 0 nitrogen and oxygen atoms in total. The molecule has 0 saturated heterocycles. The van der Waals surface area contributed by atoms with Crippen LogP contribution in [0.3, 0.4) is 0 Å². The van der Waals surface area contributed by atoms with E-state index in [9.17, 15) is 0 Å². The molecule has 0 N–H and O–H groups in total. The highest BCUT2D eigenvalue weighted by Crippen LogP contribution is 2.07. The minimum atomic E-state index is 0.789. The predicted molar refractivity (Wildman–Crippen MR) is 52.7 cm³/mol. The molecule has 0 aliphatic carbocycles. The standard InChI is InChI=1S/C11H22/c1-4-6-7-8-10-11(3)9-5-2/h8,10-11H,4-7,9H2,1-3H3. The highest BCUT2D eigenvalue weighted by atomic mass is 14.0. The Morgan fingerprint density at radius 2 is 1.91 bits per heavy atom. The van der Waals surface area contributed by atoms with E-state index in [2.05, 4.69) is 32.9 Å². The van der Waals surface area contributed by atoms with E-state index < -0.39 is 0 Å². The molecule has 0 aliphatic heterocycles. The molecule has 0 amide bonds. The first-order valence-corrected chi connectivity index (χ1v) is 4.97. The molecule has 1 unspecified atom stereocenters. The molecule has 11 heavy (non-hydrogen) atoms. The third kappa shape index (κ3) is 7.64. The van der Waals surface area contributed by atoms with Crippen LogP contribution in [-0.2, 0) is 0 Å². The molecule has 0 spiro atoms. The molecule has 0 aliphatic rings. The first kappa shape index (κ1) is 10.7. The van der Waals surface area contributed by atoms with E-state index >= 15 is 0 Å². The fourth-order valence-electron chi connectivity index (χ4n) is 1.20. The van der Waals surface area contributed by atoms with Crippen LogP contribution in [0.15, 0.2) is 12.2 Å². The van der Waals surface area contributed by atoms with Crippen LogP contribution in [0, 0.1) is 5.92 Å². The Morgan fingerprint density at radius 3 is 2.45 bits per heavy atom. The summed E-state index contributed by atoms with van der Waals surface area (Å²) in [4.78, 5) is 0. The van der Waals surface area contributed by atoms with Crippen molar-refractivity contribution in [3.05, 3.63) is 12.2 Å². The molecule has 0 heterocycles. The van der Waals surface area contributed by atoms with Crippen molar-refractivity contribution < 1.29 is 0 Å². The number of hydrogen-bond donors (Lipinski definition) is 0. The zero-order valence-corrected chi connectivity index (χ0v) is 8.27. The maximum Gasteiger partial charge on any atom is -0.0262 e. The Hall–Kier alpha value is -0.260. The van der Waals surface area contributed by atoms with E-state index in [-0.39, 0.29) is 0 Å². The molecule has 0 aromatic heterocycles. The van der Waals surface area contributed by atoms with Gasteiger partial charge in [0.2, 0.25) is 0 Å². The molecule has 0 radical (unpaired) electrons. The topological polar surface area (TPSA) is 0 Å². The molecule has 0 bridgehead atoms. The molecular weight excluding hydrogens is 132 g/mol. The lowest BCUT2D eigenvalue weighted by molar-refractivity contribution is 0.631. The molecule has 0 heteroatoms. The molecule has 0 aromatic carbocycles. The maximum atomic E-state index is 2.36. The number of allylic oxidation sites excluding steroid dienone is 2. The van der Waals surface area contributed by atoms with E-state index in [0.29, 0.717) is 0 Å². The summed E-state index contributed by atoms with van der Waals surface area (Å²) in [5, 5.41) is 0. The first-order valence-electron chi connectivity index (χ1n) is 4.97. The highest BCUT2D eigenvalue weighted by molar-refractivity contribution is 4.85. The van der Waals surface area contributed by atoms with E-state index in [1.54, 1.807) is 0 Å². The van der Waals surface area contributed by atoms with Crippen molar-refractivity contribution in [1.82, 2.24) is 0 Å². The zero-order valence-electron chi connectivity index (χ0n) is 8.27. The molecule has 0 fully saturated rings. The molecule has 0 saturated carbocycles. The smallest absolute Gasteiger partial charge is 0.0262 e. The van der Waals surface area contributed by atoms with E-state index in [1.807, 2.05) is 0 Å². The van der Waals surface area contributed by atoms with Crippen molar-refractivity contribution in [3.63, 3.8) is 0 Å². The third-order valence-electron chi connectivity index (χ3n) is 1.93. The summed E-state index contributed by atoms with van der Waals surface area (Å²) < 4.78 is 0. The normalized spacial score (nSPS) is 14.1. The second kappa shape index (κ2) is 7.84. The SMILES string of the molecule is CCCCC=CC(C)CCC. The van der Waals surface area contributed by atoms with Gasteiger partial charge in [-0.2, -0.15) is 0 Å². The Morgan fingerprint density at radius 1 is 1.18 bits per heavy atom. The quantitative estimate of drug-likeness (QED) is 0.398. The van der Waals surface area contributed by atoms with Gasteiger partial charge in [-0.3, -0.25) is 0 Å². The van der Waals surface area contributed by atoms with Gasteiger partial charge in [-0.1, -0.05) is 52.2 Å². The second-order valence-corrected chi connectivity index (χ2v) is 3.34. The lowest BCUT2D eigenvalue weighted by Gasteiger charge is -2.01. The van der Waals surface area contributed by atoms with E-state index in [4.69, 9.17) is 0 Å². The maximum absolute atomic E-state index is 2.36. The van der Waals surface area contributed by atoms with Crippen molar-refractivity contribution in [2.45, 2.75) is 52.9 Å². The van der Waals surface area contributed by atoms with Crippen molar-refractivity contribution in [2.24, 2.45) is 5.92 Å². The summed E-state index contributed by atoms with van der Waals surface area (Å²) in [7, 11) is 0. The minimum absolute atomic E-state index is 0.789. The fraction of sp³-hybridized carbons (Fsp3) is 0.818.